The van der Waals surface area contributed by atoms with Gasteiger partial charge in [-0.1, -0.05) is 18.2 Å². The third-order valence-corrected chi connectivity index (χ3v) is 6.57. The van der Waals surface area contributed by atoms with Gasteiger partial charge in [0.2, 0.25) is 5.91 Å². The van der Waals surface area contributed by atoms with E-state index in [0.29, 0.717) is 5.75 Å². The van der Waals surface area contributed by atoms with E-state index in [1.165, 1.54) is 16.4 Å². The number of methoxy groups -OCH3 is 1. The monoisotopic (exact) mass is 429 g/mol. The van der Waals surface area contributed by atoms with Gasteiger partial charge in [-0.15, -0.1) is 11.8 Å². The lowest BCUT2D eigenvalue weighted by Crippen LogP contribution is -2.68. The second-order valence-corrected chi connectivity index (χ2v) is 8.26. The van der Waals surface area contributed by atoms with E-state index in [-0.39, 0.29) is 23.6 Å². The SMILES string of the molecule is COc1ccc(COC(=O)C2=C(C=Cc3ccsn3)CS[C@H]3[C@H](N)C(=O)N23)cc1. The molecule has 2 atom stereocenters. The summed E-state index contributed by atoms with van der Waals surface area (Å²) in [6, 6.07) is 8.55. The van der Waals surface area contributed by atoms with E-state index in [1.807, 2.05) is 35.7 Å². The molecule has 29 heavy (non-hydrogen) atoms. The van der Waals surface area contributed by atoms with Crippen LogP contribution in [0, 0.1) is 0 Å². The zero-order chi connectivity index (χ0) is 20.4. The second-order valence-electron chi connectivity index (χ2n) is 6.49. The summed E-state index contributed by atoms with van der Waals surface area (Å²) in [4.78, 5) is 26.7. The molecule has 3 heterocycles. The van der Waals surface area contributed by atoms with Gasteiger partial charge in [0.25, 0.3) is 0 Å². The molecule has 1 fully saturated rings. The maximum atomic E-state index is 12.9. The Labute approximate surface area is 176 Å². The third-order valence-electron chi connectivity index (χ3n) is 4.67. The molecular formula is C20H19N3O4S2. The lowest BCUT2D eigenvalue weighted by atomic mass is 10.0. The van der Waals surface area contributed by atoms with Crippen LogP contribution in [0.25, 0.3) is 6.08 Å². The Bertz CT molecular complexity index is 970. The number of fused-ring (bicyclic) bond motifs is 1. The van der Waals surface area contributed by atoms with Gasteiger partial charge in [0.15, 0.2) is 0 Å². The average molecular weight is 430 g/mol. The largest absolute Gasteiger partial charge is 0.497 e. The average Bonchev–Trinajstić information content (AvgIpc) is 3.28. The fourth-order valence-corrected chi connectivity index (χ4v) is 4.86. The molecule has 0 aliphatic carbocycles. The highest BCUT2D eigenvalue weighted by Gasteiger charge is 2.51. The number of amides is 1. The summed E-state index contributed by atoms with van der Waals surface area (Å²) in [5.74, 6) is 0.488. The number of esters is 1. The van der Waals surface area contributed by atoms with Crippen molar-refractivity contribution >= 4 is 41.2 Å². The normalized spacial score (nSPS) is 21.2. The van der Waals surface area contributed by atoms with Gasteiger partial charge in [0.1, 0.15) is 29.5 Å². The molecule has 0 radical (unpaired) electrons. The number of nitrogens with two attached hydrogens (primary N) is 1. The number of hydrogen-bond acceptors (Lipinski definition) is 8. The van der Waals surface area contributed by atoms with Gasteiger partial charge in [-0.3, -0.25) is 9.69 Å². The fraction of sp³-hybridized carbons (Fsp3) is 0.250. The fourth-order valence-electron chi connectivity index (χ4n) is 3.09. The molecule has 1 amide bonds. The van der Waals surface area contributed by atoms with Crippen LogP contribution in [0.3, 0.4) is 0 Å². The molecule has 2 aliphatic heterocycles. The molecule has 1 aromatic heterocycles. The third kappa shape index (κ3) is 3.93. The number of β-lactam (4-membered cyclic amide) rings is 1. The maximum absolute atomic E-state index is 12.9. The summed E-state index contributed by atoms with van der Waals surface area (Å²) < 4.78 is 14.9. The Hall–Kier alpha value is -2.62. The number of benzene rings is 1. The Morgan fingerprint density at radius 1 is 1.31 bits per heavy atom. The van der Waals surface area contributed by atoms with Crippen molar-refractivity contribution < 1.29 is 19.1 Å². The van der Waals surface area contributed by atoms with Gasteiger partial charge in [0, 0.05) is 11.1 Å². The molecule has 0 saturated carbocycles. The van der Waals surface area contributed by atoms with Crippen molar-refractivity contribution in [2.75, 3.05) is 12.9 Å². The second kappa shape index (κ2) is 8.40. The summed E-state index contributed by atoms with van der Waals surface area (Å²) in [7, 11) is 1.59. The van der Waals surface area contributed by atoms with Crippen LogP contribution in [-0.2, 0) is 20.9 Å². The number of thioether (sulfide) groups is 1. The van der Waals surface area contributed by atoms with Crippen LogP contribution in [0.1, 0.15) is 11.3 Å². The van der Waals surface area contributed by atoms with Gasteiger partial charge in [0.05, 0.1) is 12.8 Å². The van der Waals surface area contributed by atoms with E-state index in [2.05, 4.69) is 4.37 Å². The first-order valence-corrected chi connectivity index (χ1v) is 10.8. The van der Waals surface area contributed by atoms with Crippen LogP contribution < -0.4 is 10.5 Å². The number of rotatable bonds is 6. The van der Waals surface area contributed by atoms with Crippen LogP contribution in [0.4, 0.5) is 0 Å². The molecule has 9 heteroatoms. The molecule has 2 N–H and O–H groups in total. The highest BCUT2D eigenvalue weighted by Crippen LogP contribution is 2.40. The minimum absolute atomic E-state index is 0.0985. The lowest BCUT2D eigenvalue weighted by molar-refractivity contribution is -0.151. The van der Waals surface area contributed by atoms with Crippen molar-refractivity contribution in [3.05, 3.63) is 64.3 Å². The lowest BCUT2D eigenvalue weighted by Gasteiger charge is -2.48. The van der Waals surface area contributed by atoms with Crippen LogP contribution in [-0.4, -0.2) is 45.4 Å². The zero-order valence-electron chi connectivity index (χ0n) is 15.6. The number of nitrogens with zero attached hydrogens (tertiary/aromatic N) is 2. The van der Waals surface area contributed by atoms with Gasteiger partial charge in [-0.05, 0) is 46.9 Å². The number of hydrogen-bond donors (Lipinski definition) is 1. The Morgan fingerprint density at radius 2 is 2.10 bits per heavy atom. The topological polar surface area (TPSA) is 94.7 Å². The number of carbonyl (C=O) groups excluding carboxylic acids is 2. The summed E-state index contributed by atoms with van der Waals surface area (Å²) in [6.07, 6.45) is 3.65. The summed E-state index contributed by atoms with van der Waals surface area (Å²) in [5, 5.41) is 1.64. The van der Waals surface area contributed by atoms with E-state index in [4.69, 9.17) is 15.2 Å². The molecule has 150 valence electrons. The molecule has 0 bridgehead atoms. The van der Waals surface area contributed by atoms with Crippen LogP contribution in [0.5, 0.6) is 5.75 Å². The van der Waals surface area contributed by atoms with E-state index in [1.54, 1.807) is 31.0 Å². The van der Waals surface area contributed by atoms with Crippen LogP contribution in [0.15, 0.2) is 53.1 Å². The molecule has 2 aromatic rings. The number of allylic oxidation sites excluding steroid dienone is 1. The number of ether oxygens (including phenoxy) is 2. The van der Waals surface area contributed by atoms with Crippen molar-refractivity contribution in [1.82, 2.24) is 9.27 Å². The summed E-state index contributed by atoms with van der Waals surface area (Å²) in [6.45, 7) is 0.0985. The summed E-state index contributed by atoms with van der Waals surface area (Å²) in [5.41, 5.74) is 8.51. The van der Waals surface area contributed by atoms with E-state index < -0.39 is 12.0 Å². The van der Waals surface area contributed by atoms with Crippen LogP contribution >= 0.6 is 23.3 Å². The van der Waals surface area contributed by atoms with Crippen molar-refractivity contribution in [3.63, 3.8) is 0 Å². The minimum Gasteiger partial charge on any atom is -0.497 e. The smallest absolute Gasteiger partial charge is 0.355 e. The Balaban J connectivity index is 1.56. The first-order chi connectivity index (χ1) is 14.1. The molecule has 0 spiro atoms. The van der Waals surface area contributed by atoms with Gasteiger partial charge in [-0.25, -0.2) is 4.79 Å². The van der Waals surface area contributed by atoms with Crippen molar-refractivity contribution in [3.8, 4) is 5.75 Å². The molecule has 0 unspecified atom stereocenters. The van der Waals surface area contributed by atoms with Gasteiger partial charge < -0.3 is 15.2 Å². The first-order valence-electron chi connectivity index (χ1n) is 8.90. The molecule has 7 nitrogen and oxygen atoms in total. The van der Waals surface area contributed by atoms with E-state index in [9.17, 15) is 9.59 Å². The van der Waals surface area contributed by atoms with Gasteiger partial charge in [-0.2, -0.15) is 4.37 Å². The van der Waals surface area contributed by atoms with E-state index in [0.717, 1.165) is 22.6 Å². The summed E-state index contributed by atoms with van der Waals surface area (Å²) >= 11 is 2.89. The molecule has 4 rings (SSSR count). The minimum atomic E-state index is -0.589. The molecular weight excluding hydrogens is 410 g/mol. The first kappa shape index (κ1) is 19.7. The zero-order valence-corrected chi connectivity index (χ0v) is 17.2. The Kier molecular flexibility index (Phi) is 5.70. The molecule has 1 saturated heterocycles. The molecule has 2 aliphatic rings. The highest BCUT2D eigenvalue weighted by atomic mass is 32.2. The van der Waals surface area contributed by atoms with Crippen molar-refractivity contribution in [2.24, 2.45) is 5.73 Å². The van der Waals surface area contributed by atoms with E-state index >= 15 is 0 Å². The number of aromatic nitrogens is 1. The predicted octanol–water partition coefficient (Wildman–Crippen LogP) is 2.40. The predicted molar refractivity (Wildman–Crippen MR) is 112 cm³/mol. The highest BCUT2D eigenvalue weighted by molar-refractivity contribution is 8.00. The quantitative estimate of drug-likeness (QED) is 0.557. The maximum Gasteiger partial charge on any atom is 0.355 e. The van der Waals surface area contributed by atoms with Crippen molar-refractivity contribution in [1.29, 1.82) is 0 Å². The number of carbonyl (C=O) groups is 2. The standard InChI is InChI=1S/C20H19N3O4S2/c1-26-15-6-2-12(3-7-15)10-27-20(25)17-13(4-5-14-8-9-29-22-14)11-28-19-16(21)18(24)23(17)19/h2-9,16,19H,10-11,21H2,1H3/t16-,19+/m1/s1. The van der Waals surface area contributed by atoms with Crippen LogP contribution in [0.2, 0.25) is 0 Å². The van der Waals surface area contributed by atoms with Crippen molar-refractivity contribution in [2.45, 2.75) is 18.0 Å². The Morgan fingerprint density at radius 3 is 2.79 bits per heavy atom. The molecule has 1 aromatic carbocycles. The van der Waals surface area contributed by atoms with Gasteiger partial charge >= 0.3 is 5.97 Å².